The summed E-state index contributed by atoms with van der Waals surface area (Å²) >= 11 is 0. The Morgan fingerprint density at radius 1 is 1.25 bits per heavy atom. The molecule has 1 aromatic rings. The van der Waals surface area contributed by atoms with Crippen molar-refractivity contribution in [2.45, 2.75) is 13.3 Å². The van der Waals surface area contributed by atoms with Gasteiger partial charge in [-0.3, -0.25) is 0 Å². The Kier molecular flexibility index (Phi) is 4.00. The topological polar surface area (TPSA) is 9.23 Å². The molecule has 0 aliphatic heterocycles. The summed E-state index contributed by atoms with van der Waals surface area (Å²) in [5, 5.41) is 0. The van der Waals surface area contributed by atoms with Gasteiger partial charge < -0.3 is 4.74 Å². The van der Waals surface area contributed by atoms with E-state index in [1.807, 2.05) is 36.4 Å². The van der Waals surface area contributed by atoms with Crippen LogP contribution in [0, 0.1) is 0 Å². The normalized spacial score (nSPS) is 10.4. The first kappa shape index (κ1) is 8.85. The number of hydrogen-bond acceptors (Lipinski definition) is 1. The summed E-state index contributed by atoms with van der Waals surface area (Å²) in [6, 6.07) is 10.1. The predicted molar refractivity (Wildman–Crippen MR) is 51.7 cm³/mol. The molecule has 0 unspecified atom stereocenters. The van der Waals surface area contributed by atoms with Gasteiger partial charge in [0.2, 0.25) is 0 Å². The number of ether oxygens (including phenoxy) is 1. The molecule has 0 aliphatic rings. The monoisotopic (exact) mass is 162 g/mol. The van der Waals surface area contributed by atoms with Crippen LogP contribution in [0.4, 0.5) is 0 Å². The van der Waals surface area contributed by atoms with Crippen molar-refractivity contribution < 1.29 is 4.74 Å². The Labute approximate surface area is 73.7 Å². The Bertz CT molecular complexity index is 226. The number of hydrogen-bond donors (Lipinski definition) is 0. The molecule has 0 heterocycles. The lowest BCUT2D eigenvalue weighted by Crippen LogP contribution is -1.81. The quantitative estimate of drug-likeness (QED) is 0.488. The van der Waals surface area contributed by atoms with Crippen LogP contribution in [-0.4, -0.2) is 6.61 Å². The molecule has 0 N–H and O–H groups in total. The third kappa shape index (κ3) is 3.24. The summed E-state index contributed by atoms with van der Waals surface area (Å²) in [7, 11) is 0. The SMILES string of the molecule is CCCO/C=C/c1ccccc1. The van der Waals surface area contributed by atoms with Gasteiger partial charge in [0, 0.05) is 0 Å². The van der Waals surface area contributed by atoms with Gasteiger partial charge in [-0.1, -0.05) is 37.3 Å². The highest BCUT2D eigenvalue weighted by atomic mass is 16.5. The lowest BCUT2D eigenvalue weighted by molar-refractivity contribution is 0.252. The molecule has 0 saturated carbocycles. The van der Waals surface area contributed by atoms with Gasteiger partial charge in [0.25, 0.3) is 0 Å². The van der Waals surface area contributed by atoms with E-state index in [2.05, 4.69) is 6.92 Å². The van der Waals surface area contributed by atoms with E-state index >= 15 is 0 Å². The highest BCUT2D eigenvalue weighted by Crippen LogP contribution is 2.00. The van der Waals surface area contributed by atoms with Crippen molar-refractivity contribution in [1.82, 2.24) is 0 Å². The smallest absolute Gasteiger partial charge is 0.0870 e. The number of rotatable bonds is 4. The molecule has 0 amide bonds. The van der Waals surface area contributed by atoms with Crippen LogP contribution in [0.3, 0.4) is 0 Å². The second kappa shape index (κ2) is 5.42. The zero-order chi connectivity index (χ0) is 8.65. The van der Waals surface area contributed by atoms with Crippen molar-refractivity contribution in [2.75, 3.05) is 6.61 Å². The van der Waals surface area contributed by atoms with E-state index in [1.54, 1.807) is 6.26 Å². The summed E-state index contributed by atoms with van der Waals surface area (Å²) in [5.74, 6) is 0. The Morgan fingerprint density at radius 3 is 2.67 bits per heavy atom. The standard InChI is InChI=1S/C11H14O/c1-2-9-12-10-8-11-6-4-3-5-7-11/h3-8,10H,2,9H2,1H3/b10-8+. The molecule has 0 aromatic heterocycles. The fraction of sp³-hybridized carbons (Fsp3) is 0.273. The molecule has 0 aliphatic carbocycles. The Morgan fingerprint density at radius 2 is 2.00 bits per heavy atom. The van der Waals surface area contributed by atoms with Crippen molar-refractivity contribution in [1.29, 1.82) is 0 Å². The lowest BCUT2D eigenvalue weighted by atomic mass is 10.2. The molecule has 0 fully saturated rings. The van der Waals surface area contributed by atoms with E-state index in [4.69, 9.17) is 4.74 Å². The second-order valence-corrected chi connectivity index (χ2v) is 2.58. The summed E-state index contributed by atoms with van der Waals surface area (Å²) in [6.45, 7) is 2.89. The molecule has 1 rings (SSSR count). The summed E-state index contributed by atoms with van der Waals surface area (Å²) in [4.78, 5) is 0. The van der Waals surface area contributed by atoms with Gasteiger partial charge in [0.1, 0.15) is 0 Å². The highest BCUT2D eigenvalue weighted by molar-refractivity contribution is 5.47. The maximum atomic E-state index is 5.21. The second-order valence-electron chi connectivity index (χ2n) is 2.58. The number of benzene rings is 1. The van der Waals surface area contributed by atoms with Gasteiger partial charge >= 0.3 is 0 Å². The largest absolute Gasteiger partial charge is 0.501 e. The molecular formula is C11H14O. The van der Waals surface area contributed by atoms with Crippen LogP contribution in [0.25, 0.3) is 6.08 Å². The van der Waals surface area contributed by atoms with Crippen LogP contribution < -0.4 is 0 Å². The first-order chi connectivity index (χ1) is 5.93. The zero-order valence-corrected chi connectivity index (χ0v) is 7.36. The van der Waals surface area contributed by atoms with Crippen LogP contribution in [0.5, 0.6) is 0 Å². The first-order valence-electron chi connectivity index (χ1n) is 4.26. The molecule has 0 bridgehead atoms. The molecule has 1 aromatic carbocycles. The molecule has 1 heteroatoms. The molecule has 64 valence electrons. The van der Waals surface area contributed by atoms with Gasteiger partial charge in [-0.25, -0.2) is 0 Å². The van der Waals surface area contributed by atoms with Crippen LogP contribution in [0.1, 0.15) is 18.9 Å². The molecule has 0 radical (unpaired) electrons. The highest BCUT2D eigenvalue weighted by Gasteiger charge is 1.81. The van der Waals surface area contributed by atoms with E-state index in [-0.39, 0.29) is 0 Å². The first-order valence-corrected chi connectivity index (χ1v) is 4.26. The minimum Gasteiger partial charge on any atom is -0.501 e. The minimum absolute atomic E-state index is 0.795. The van der Waals surface area contributed by atoms with Crippen molar-refractivity contribution in [3.8, 4) is 0 Å². The third-order valence-electron chi connectivity index (χ3n) is 1.48. The molecule has 0 spiro atoms. The van der Waals surface area contributed by atoms with Crippen LogP contribution >= 0.6 is 0 Å². The van der Waals surface area contributed by atoms with Gasteiger partial charge in [-0.05, 0) is 18.1 Å². The van der Waals surface area contributed by atoms with Gasteiger partial charge in [0.15, 0.2) is 0 Å². The van der Waals surface area contributed by atoms with E-state index in [1.165, 1.54) is 5.56 Å². The molecular weight excluding hydrogens is 148 g/mol. The summed E-state index contributed by atoms with van der Waals surface area (Å²) in [5.41, 5.74) is 1.17. The van der Waals surface area contributed by atoms with Crippen molar-refractivity contribution in [2.24, 2.45) is 0 Å². The fourth-order valence-corrected chi connectivity index (χ4v) is 0.877. The minimum atomic E-state index is 0.795. The maximum Gasteiger partial charge on any atom is 0.0870 e. The lowest BCUT2D eigenvalue weighted by Gasteiger charge is -1.95. The van der Waals surface area contributed by atoms with E-state index < -0.39 is 0 Å². The van der Waals surface area contributed by atoms with E-state index in [9.17, 15) is 0 Å². The molecule has 0 saturated heterocycles. The van der Waals surface area contributed by atoms with E-state index in [0.29, 0.717) is 0 Å². The van der Waals surface area contributed by atoms with Crippen molar-refractivity contribution in [3.05, 3.63) is 42.2 Å². The van der Waals surface area contributed by atoms with Crippen molar-refractivity contribution >= 4 is 6.08 Å². The Balaban J connectivity index is 2.36. The maximum absolute atomic E-state index is 5.21. The third-order valence-corrected chi connectivity index (χ3v) is 1.48. The van der Waals surface area contributed by atoms with Crippen LogP contribution in [0.15, 0.2) is 36.6 Å². The zero-order valence-electron chi connectivity index (χ0n) is 7.36. The van der Waals surface area contributed by atoms with Crippen molar-refractivity contribution in [3.63, 3.8) is 0 Å². The molecule has 12 heavy (non-hydrogen) atoms. The summed E-state index contributed by atoms with van der Waals surface area (Å²) in [6.07, 6.45) is 4.77. The molecule has 1 nitrogen and oxygen atoms in total. The van der Waals surface area contributed by atoms with Gasteiger partial charge in [-0.2, -0.15) is 0 Å². The average molecular weight is 162 g/mol. The summed E-state index contributed by atoms with van der Waals surface area (Å²) < 4.78 is 5.21. The Hall–Kier alpha value is -1.24. The van der Waals surface area contributed by atoms with E-state index in [0.717, 1.165) is 13.0 Å². The predicted octanol–water partition coefficient (Wildman–Crippen LogP) is 3.08. The fourth-order valence-electron chi connectivity index (χ4n) is 0.877. The van der Waals surface area contributed by atoms with Crippen LogP contribution in [-0.2, 0) is 4.74 Å². The van der Waals surface area contributed by atoms with Crippen LogP contribution in [0.2, 0.25) is 0 Å². The van der Waals surface area contributed by atoms with Gasteiger partial charge in [-0.15, -0.1) is 0 Å². The average Bonchev–Trinajstić information content (AvgIpc) is 2.14. The van der Waals surface area contributed by atoms with Gasteiger partial charge in [0.05, 0.1) is 12.9 Å². The molecule has 0 atom stereocenters.